The maximum atomic E-state index is 12.6. The van der Waals surface area contributed by atoms with E-state index in [2.05, 4.69) is 29.2 Å². The Hall–Kier alpha value is -1.30. The van der Waals surface area contributed by atoms with Crippen molar-refractivity contribution in [3.63, 3.8) is 0 Å². The van der Waals surface area contributed by atoms with Gasteiger partial charge in [0.1, 0.15) is 5.41 Å². The Balaban J connectivity index is 1.99. The normalized spacial score (nSPS) is 35.4. The van der Waals surface area contributed by atoms with Crippen LogP contribution < -0.4 is 11.1 Å². The molecule has 0 aromatic heterocycles. The smallest absolute Gasteiger partial charge is 0.234 e. The number of piperidine rings is 1. The van der Waals surface area contributed by atoms with E-state index >= 15 is 0 Å². The molecule has 1 amide bonds. The first-order chi connectivity index (χ1) is 9.51. The summed E-state index contributed by atoms with van der Waals surface area (Å²) in [7, 11) is 0. The zero-order valence-corrected chi connectivity index (χ0v) is 12.4. The fourth-order valence-corrected chi connectivity index (χ4v) is 3.52. The second-order valence-corrected chi connectivity index (χ2v) is 6.29. The number of hydrogen-bond donors (Lipinski definition) is 3. The standard InChI is InChI=1S/C14H26N4O2/c1-3-18-6-4-5-11(9-18)16-13(19)14(12(15)17-20)7-10(2)8-14/h10-11,20H,3-9H2,1-2H3,(H2,15,17)(H,16,19). The van der Waals surface area contributed by atoms with Crippen molar-refractivity contribution in [2.75, 3.05) is 19.6 Å². The molecule has 2 aliphatic rings. The minimum Gasteiger partial charge on any atom is -0.409 e. The molecular formula is C14H26N4O2. The topological polar surface area (TPSA) is 91.0 Å². The van der Waals surface area contributed by atoms with E-state index in [1.54, 1.807) is 0 Å². The van der Waals surface area contributed by atoms with E-state index < -0.39 is 5.41 Å². The number of hydrogen-bond acceptors (Lipinski definition) is 4. The van der Waals surface area contributed by atoms with Crippen molar-refractivity contribution >= 4 is 11.7 Å². The quantitative estimate of drug-likeness (QED) is 0.307. The van der Waals surface area contributed by atoms with Crippen LogP contribution in [-0.4, -0.2) is 47.5 Å². The van der Waals surface area contributed by atoms with Crippen molar-refractivity contribution in [3.05, 3.63) is 0 Å². The van der Waals surface area contributed by atoms with Crippen molar-refractivity contribution in [1.82, 2.24) is 10.2 Å². The van der Waals surface area contributed by atoms with Gasteiger partial charge in [0.05, 0.1) is 0 Å². The first-order valence-corrected chi connectivity index (χ1v) is 7.53. The fraction of sp³-hybridized carbons (Fsp3) is 0.857. The summed E-state index contributed by atoms with van der Waals surface area (Å²) in [6, 6.07) is 0.176. The molecule has 1 aliphatic carbocycles. The molecule has 1 saturated heterocycles. The summed E-state index contributed by atoms with van der Waals surface area (Å²) in [6.45, 7) is 7.22. The van der Waals surface area contributed by atoms with Gasteiger partial charge < -0.3 is 21.2 Å². The predicted octanol–water partition coefficient (Wildman–Crippen LogP) is 0.750. The lowest BCUT2D eigenvalue weighted by molar-refractivity contribution is -0.134. The third-order valence-electron chi connectivity index (χ3n) is 4.71. The Kier molecular flexibility index (Phi) is 4.52. The van der Waals surface area contributed by atoms with Crippen molar-refractivity contribution < 1.29 is 10.0 Å². The second kappa shape index (κ2) is 5.99. The molecule has 0 aromatic rings. The van der Waals surface area contributed by atoms with Gasteiger partial charge in [0.2, 0.25) is 5.91 Å². The van der Waals surface area contributed by atoms with Crippen LogP contribution in [0.2, 0.25) is 0 Å². The predicted molar refractivity (Wildman–Crippen MR) is 77.5 cm³/mol. The lowest BCUT2D eigenvalue weighted by Gasteiger charge is -2.45. The summed E-state index contributed by atoms with van der Waals surface area (Å²) >= 11 is 0. The second-order valence-electron chi connectivity index (χ2n) is 6.29. The van der Waals surface area contributed by atoms with Gasteiger partial charge in [-0.1, -0.05) is 19.0 Å². The number of amidine groups is 1. The molecule has 0 spiro atoms. The maximum Gasteiger partial charge on any atom is 0.234 e. The molecule has 2 rings (SSSR count). The van der Waals surface area contributed by atoms with Crippen LogP contribution in [0.25, 0.3) is 0 Å². The molecule has 1 unspecified atom stereocenters. The number of nitrogens with two attached hydrogens (primary N) is 1. The summed E-state index contributed by atoms with van der Waals surface area (Å²) in [5.74, 6) is 0.421. The number of rotatable bonds is 4. The lowest BCUT2D eigenvalue weighted by atomic mass is 9.61. The molecule has 1 heterocycles. The molecule has 1 aliphatic heterocycles. The van der Waals surface area contributed by atoms with Crippen LogP contribution in [0.4, 0.5) is 0 Å². The number of oxime groups is 1. The highest BCUT2D eigenvalue weighted by molar-refractivity contribution is 6.07. The van der Waals surface area contributed by atoms with Gasteiger partial charge in [-0.2, -0.15) is 0 Å². The van der Waals surface area contributed by atoms with Crippen LogP contribution >= 0.6 is 0 Å². The molecule has 1 saturated carbocycles. The average molecular weight is 282 g/mol. The molecule has 4 N–H and O–H groups in total. The summed E-state index contributed by atoms with van der Waals surface area (Å²) in [5.41, 5.74) is 4.97. The molecule has 0 aromatic carbocycles. The van der Waals surface area contributed by atoms with Crippen molar-refractivity contribution in [2.24, 2.45) is 22.2 Å². The number of likely N-dealkylation sites (N-methyl/N-ethyl adjacent to an activating group) is 1. The summed E-state index contributed by atoms with van der Waals surface area (Å²) in [5, 5.41) is 15.1. The fourth-order valence-electron chi connectivity index (χ4n) is 3.52. The van der Waals surface area contributed by atoms with Crippen molar-refractivity contribution in [2.45, 2.75) is 45.6 Å². The summed E-state index contributed by atoms with van der Waals surface area (Å²) in [4.78, 5) is 14.9. The largest absolute Gasteiger partial charge is 0.409 e. The van der Waals surface area contributed by atoms with E-state index in [-0.39, 0.29) is 17.8 Å². The van der Waals surface area contributed by atoms with E-state index in [1.165, 1.54) is 0 Å². The zero-order chi connectivity index (χ0) is 14.8. The lowest BCUT2D eigenvalue weighted by Crippen LogP contribution is -2.60. The molecule has 20 heavy (non-hydrogen) atoms. The van der Waals surface area contributed by atoms with Gasteiger partial charge in [-0.25, -0.2) is 0 Å². The highest BCUT2D eigenvalue weighted by Crippen LogP contribution is 2.46. The average Bonchev–Trinajstić information content (AvgIpc) is 2.42. The Bertz CT molecular complexity index is 391. The number of nitrogens with zero attached hydrogens (tertiary/aromatic N) is 2. The van der Waals surface area contributed by atoms with Gasteiger partial charge >= 0.3 is 0 Å². The monoisotopic (exact) mass is 282 g/mol. The van der Waals surface area contributed by atoms with Crippen LogP contribution in [-0.2, 0) is 4.79 Å². The number of nitrogens with one attached hydrogen (secondary N) is 1. The Morgan fingerprint density at radius 3 is 2.80 bits per heavy atom. The highest BCUT2D eigenvalue weighted by Gasteiger charge is 2.52. The molecule has 6 nitrogen and oxygen atoms in total. The van der Waals surface area contributed by atoms with Crippen LogP contribution in [0.15, 0.2) is 5.16 Å². The highest BCUT2D eigenvalue weighted by atomic mass is 16.4. The Labute approximate surface area is 120 Å². The molecule has 2 fully saturated rings. The van der Waals surface area contributed by atoms with E-state index in [1.807, 2.05) is 0 Å². The van der Waals surface area contributed by atoms with E-state index in [4.69, 9.17) is 10.9 Å². The maximum absolute atomic E-state index is 12.6. The molecule has 1 atom stereocenters. The van der Waals surface area contributed by atoms with Crippen LogP contribution in [0, 0.1) is 11.3 Å². The number of carbonyl (C=O) groups excluding carboxylic acids is 1. The third kappa shape index (κ3) is 2.75. The van der Waals surface area contributed by atoms with Crippen molar-refractivity contribution in [1.29, 1.82) is 0 Å². The van der Waals surface area contributed by atoms with Gasteiger partial charge in [0.25, 0.3) is 0 Å². The zero-order valence-electron chi connectivity index (χ0n) is 12.4. The Morgan fingerprint density at radius 2 is 2.25 bits per heavy atom. The molecule has 0 radical (unpaired) electrons. The molecule has 6 heteroatoms. The van der Waals surface area contributed by atoms with E-state index in [0.29, 0.717) is 18.8 Å². The van der Waals surface area contributed by atoms with E-state index in [0.717, 1.165) is 32.5 Å². The summed E-state index contributed by atoms with van der Waals surface area (Å²) < 4.78 is 0. The first-order valence-electron chi connectivity index (χ1n) is 7.53. The Morgan fingerprint density at radius 1 is 1.55 bits per heavy atom. The number of amides is 1. The van der Waals surface area contributed by atoms with Gasteiger partial charge in [-0.3, -0.25) is 4.79 Å². The number of likely N-dealkylation sites (tertiary alicyclic amines) is 1. The van der Waals surface area contributed by atoms with Crippen molar-refractivity contribution in [3.8, 4) is 0 Å². The SMILES string of the molecule is CCN1CCCC(NC(=O)C2(C(N)=NO)CC(C)C2)C1. The van der Waals surface area contributed by atoms with Crippen LogP contribution in [0.5, 0.6) is 0 Å². The van der Waals surface area contributed by atoms with Gasteiger partial charge in [0.15, 0.2) is 5.84 Å². The summed E-state index contributed by atoms with van der Waals surface area (Å²) in [6.07, 6.45) is 3.44. The van der Waals surface area contributed by atoms with Gasteiger partial charge in [-0.05, 0) is 44.7 Å². The minimum atomic E-state index is -0.789. The van der Waals surface area contributed by atoms with E-state index in [9.17, 15) is 4.79 Å². The molecule has 0 bridgehead atoms. The third-order valence-corrected chi connectivity index (χ3v) is 4.71. The molecular weight excluding hydrogens is 256 g/mol. The first kappa shape index (κ1) is 15.1. The van der Waals surface area contributed by atoms with Gasteiger partial charge in [-0.15, -0.1) is 0 Å². The molecule has 114 valence electrons. The minimum absolute atomic E-state index is 0.0521. The van der Waals surface area contributed by atoms with Crippen LogP contribution in [0.3, 0.4) is 0 Å². The van der Waals surface area contributed by atoms with Crippen LogP contribution in [0.1, 0.15) is 39.5 Å². The van der Waals surface area contributed by atoms with Gasteiger partial charge in [0, 0.05) is 12.6 Å². The number of carbonyl (C=O) groups is 1.